The summed E-state index contributed by atoms with van der Waals surface area (Å²) in [7, 11) is -3.88. The first-order chi connectivity index (χ1) is 11.9. The first-order valence-electron chi connectivity index (χ1n) is 7.17. The van der Waals surface area contributed by atoms with Gasteiger partial charge in [0.2, 0.25) is 0 Å². The van der Waals surface area contributed by atoms with E-state index in [0.717, 1.165) is 28.1 Å². The van der Waals surface area contributed by atoms with Crippen LogP contribution in [0.4, 0.5) is 10.1 Å². The Hall–Kier alpha value is -3.07. The molecule has 0 spiro atoms. The van der Waals surface area contributed by atoms with Gasteiger partial charge in [0.1, 0.15) is 0 Å². The molecule has 3 rings (SSSR count). The predicted molar refractivity (Wildman–Crippen MR) is 88.1 cm³/mol. The number of hydrogen-bond donors (Lipinski definition) is 1. The van der Waals surface area contributed by atoms with Crippen molar-refractivity contribution in [2.45, 2.75) is 11.8 Å². The van der Waals surface area contributed by atoms with Crippen LogP contribution in [0.5, 0.6) is 0 Å². The number of amides is 1. The normalized spacial score (nSPS) is 11.3. The zero-order chi connectivity index (χ0) is 18.0. The van der Waals surface area contributed by atoms with Crippen molar-refractivity contribution in [2.75, 3.05) is 5.32 Å². The van der Waals surface area contributed by atoms with Crippen LogP contribution in [-0.4, -0.2) is 28.5 Å². The SMILES string of the molecule is Cc1ccc(S(=O)(=O)n2cc(NC(=O)c3ncccc3F)cn2)cc1. The van der Waals surface area contributed by atoms with Gasteiger partial charge in [-0.25, -0.2) is 9.37 Å². The molecule has 0 bridgehead atoms. The van der Waals surface area contributed by atoms with Crippen molar-refractivity contribution >= 4 is 21.6 Å². The number of carbonyl (C=O) groups excluding carboxylic acids is 1. The quantitative estimate of drug-likeness (QED) is 0.770. The van der Waals surface area contributed by atoms with E-state index in [9.17, 15) is 17.6 Å². The van der Waals surface area contributed by atoms with Gasteiger partial charge in [-0.2, -0.15) is 17.6 Å². The fraction of sp³-hybridized carbons (Fsp3) is 0.0625. The molecule has 0 fully saturated rings. The van der Waals surface area contributed by atoms with Gasteiger partial charge in [0.05, 0.1) is 23.0 Å². The average molecular weight is 360 g/mol. The minimum Gasteiger partial charge on any atom is -0.318 e. The summed E-state index contributed by atoms with van der Waals surface area (Å²) in [6.45, 7) is 1.84. The molecule has 1 aromatic carbocycles. The van der Waals surface area contributed by atoms with Crippen LogP contribution < -0.4 is 5.32 Å². The first kappa shape index (κ1) is 16.8. The van der Waals surface area contributed by atoms with Gasteiger partial charge in [0.15, 0.2) is 11.5 Å². The Morgan fingerprint density at radius 2 is 1.92 bits per heavy atom. The second kappa shape index (κ2) is 6.44. The number of benzene rings is 1. The minimum absolute atomic E-state index is 0.0647. The standard InChI is InChI=1S/C16H13FN4O3S/c1-11-4-6-13(7-5-11)25(23,24)21-10-12(9-19-21)20-16(22)15-14(17)3-2-8-18-15/h2-10H,1H3,(H,20,22). The van der Waals surface area contributed by atoms with E-state index in [4.69, 9.17) is 0 Å². The number of pyridine rings is 1. The lowest BCUT2D eigenvalue weighted by atomic mass is 10.2. The number of anilines is 1. The highest BCUT2D eigenvalue weighted by Gasteiger charge is 2.19. The van der Waals surface area contributed by atoms with Crippen molar-refractivity contribution in [3.8, 4) is 0 Å². The van der Waals surface area contributed by atoms with Crippen LogP contribution in [-0.2, 0) is 10.0 Å². The van der Waals surface area contributed by atoms with E-state index < -0.39 is 27.4 Å². The third-order valence-corrected chi connectivity index (χ3v) is 4.92. The van der Waals surface area contributed by atoms with Crippen molar-refractivity contribution < 1.29 is 17.6 Å². The summed E-state index contributed by atoms with van der Waals surface area (Å²) in [5, 5.41) is 6.12. The number of halogens is 1. The lowest BCUT2D eigenvalue weighted by molar-refractivity contribution is 0.101. The molecule has 0 radical (unpaired) electrons. The van der Waals surface area contributed by atoms with Gasteiger partial charge in [0, 0.05) is 6.20 Å². The summed E-state index contributed by atoms with van der Waals surface area (Å²) in [4.78, 5) is 15.7. The second-order valence-electron chi connectivity index (χ2n) is 5.21. The summed E-state index contributed by atoms with van der Waals surface area (Å²) in [5.74, 6) is -1.58. The lowest BCUT2D eigenvalue weighted by Crippen LogP contribution is -2.16. The number of rotatable bonds is 4. The van der Waals surface area contributed by atoms with Crippen molar-refractivity contribution in [1.82, 2.24) is 14.2 Å². The summed E-state index contributed by atoms with van der Waals surface area (Å²) >= 11 is 0. The van der Waals surface area contributed by atoms with Crippen molar-refractivity contribution in [2.24, 2.45) is 0 Å². The van der Waals surface area contributed by atoms with Crippen molar-refractivity contribution in [1.29, 1.82) is 0 Å². The molecule has 0 unspecified atom stereocenters. The molecule has 2 aromatic heterocycles. The highest BCUT2D eigenvalue weighted by molar-refractivity contribution is 7.89. The Kier molecular flexibility index (Phi) is 4.32. The molecule has 9 heteroatoms. The summed E-state index contributed by atoms with van der Waals surface area (Å²) < 4.78 is 39.3. The number of nitrogens with zero attached hydrogens (tertiary/aromatic N) is 3. The van der Waals surface area contributed by atoms with Gasteiger partial charge in [-0.3, -0.25) is 4.79 Å². The molecule has 3 aromatic rings. The smallest absolute Gasteiger partial charge is 0.283 e. The predicted octanol–water partition coefficient (Wildman–Crippen LogP) is 2.21. The van der Waals surface area contributed by atoms with Crippen LogP contribution in [0.2, 0.25) is 0 Å². The number of hydrogen-bond acceptors (Lipinski definition) is 5. The summed E-state index contributed by atoms with van der Waals surface area (Å²) in [6, 6.07) is 8.74. The molecule has 1 amide bonds. The van der Waals surface area contributed by atoms with Gasteiger partial charge in [-0.1, -0.05) is 17.7 Å². The highest BCUT2D eigenvalue weighted by Crippen LogP contribution is 2.16. The fourth-order valence-electron chi connectivity index (χ4n) is 2.06. The van der Waals surface area contributed by atoms with E-state index >= 15 is 0 Å². The van der Waals surface area contributed by atoms with E-state index in [1.165, 1.54) is 24.4 Å². The molecule has 0 saturated carbocycles. The topological polar surface area (TPSA) is 94.0 Å². The van der Waals surface area contributed by atoms with Gasteiger partial charge in [-0.15, -0.1) is 0 Å². The van der Waals surface area contributed by atoms with Crippen molar-refractivity contribution in [3.63, 3.8) is 0 Å². The van der Waals surface area contributed by atoms with Crippen LogP contribution >= 0.6 is 0 Å². The van der Waals surface area contributed by atoms with Gasteiger partial charge >= 0.3 is 0 Å². The van der Waals surface area contributed by atoms with Crippen LogP contribution in [0.1, 0.15) is 16.1 Å². The molecule has 128 valence electrons. The largest absolute Gasteiger partial charge is 0.318 e. The maximum atomic E-state index is 13.6. The molecular weight excluding hydrogens is 347 g/mol. The number of aryl methyl sites for hydroxylation is 1. The lowest BCUT2D eigenvalue weighted by Gasteiger charge is -2.04. The van der Waals surface area contributed by atoms with E-state index in [1.54, 1.807) is 12.1 Å². The van der Waals surface area contributed by atoms with Crippen LogP contribution in [0.15, 0.2) is 59.9 Å². The summed E-state index contributed by atoms with van der Waals surface area (Å²) in [6.07, 6.45) is 3.57. The monoisotopic (exact) mass is 360 g/mol. The number of carbonyl (C=O) groups is 1. The van der Waals surface area contributed by atoms with E-state index in [0.29, 0.717) is 0 Å². The van der Waals surface area contributed by atoms with E-state index in [2.05, 4.69) is 15.4 Å². The fourth-order valence-corrected chi connectivity index (χ4v) is 3.18. The van der Waals surface area contributed by atoms with Gasteiger partial charge in [0.25, 0.3) is 15.9 Å². The molecule has 0 aliphatic rings. The van der Waals surface area contributed by atoms with Crippen LogP contribution in [0.25, 0.3) is 0 Å². The van der Waals surface area contributed by atoms with E-state index in [1.807, 2.05) is 6.92 Å². The number of nitrogens with one attached hydrogen (secondary N) is 1. The average Bonchev–Trinajstić information content (AvgIpc) is 3.05. The molecule has 0 aliphatic heterocycles. The highest BCUT2D eigenvalue weighted by atomic mass is 32.2. The molecular formula is C16H13FN4O3S. The Bertz CT molecular complexity index is 1030. The maximum Gasteiger partial charge on any atom is 0.283 e. The third kappa shape index (κ3) is 3.41. The van der Waals surface area contributed by atoms with Crippen molar-refractivity contribution in [3.05, 3.63) is 72.1 Å². The first-order valence-corrected chi connectivity index (χ1v) is 8.61. The van der Waals surface area contributed by atoms with Crippen LogP contribution in [0.3, 0.4) is 0 Å². The van der Waals surface area contributed by atoms with Crippen LogP contribution in [0, 0.1) is 12.7 Å². The molecule has 0 atom stereocenters. The molecule has 2 heterocycles. The maximum absolute atomic E-state index is 13.6. The zero-order valence-electron chi connectivity index (χ0n) is 13.0. The molecule has 7 nitrogen and oxygen atoms in total. The second-order valence-corrected chi connectivity index (χ2v) is 7.00. The Morgan fingerprint density at radius 3 is 2.60 bits per heavy atom. The summed E-state index contributed by atoms with van der Waals surface area (Å²) in [5.41, 5.74) is 0.632. The molecule has 0 aliphatic carbocycles. The van der Waals surface area contributed by atoms with Gasteiger partial charge in [-0.05, 0) is 31.2 Å². The third-order valence-electron chi connectivity index (χ3n) is 3.36. The molecule has 1 N–H and O–H groups in total. The number of aromatic nitrogens is 3. The van der Waals surface area contributed by atoms with E-state index in [-0.39, 0.29) is 10.6 Å². The minimum atomic E-state index is -3.88. The Balaban J connectivity index is 1.84. The Labute approximate surface area is 143 Å². The van der Waals surface area contributed by atoms with Gasteiger partial charge < -0.3 is 5.32 Å². The molecule has 25 heavy (non-hydrogen) atoms. The Morgan fingerprint density at radius 1 is 1.20 bits per heavy atom. The zero-order valence-corrected chi connectivity index (χ0v) is 13.9. The molecule has 0 saturated heterocycles.